The van der Waals surface area contributed by atoms with Gasteiger partial charge in [-0.3, -0.25) is 14.5 Å². The number of hydrogen-bond donors (Lipinski definition) is 1. The first-order chi connectivity index (χ1) is 11.4. The topological polar surface area (TPSA) is 83.7 Å². The van der Waals surface area contributed by atoms with Gasteiger partial charge in [0.05, 0.1) is 17.8 Å². The molecule has 7 heteroatoms. The van der Waals surface area contributed by atoms with Crippen LogP contribution in [0.3, 0.4) is 0 Å². The molecular formula is C17H19N3O3S. The molecule has 2 aliphatic heterocycles. The number of imide groups is 1. The number of nitrogens with two attached hydrogens (primary N) is 1. The van der Waals surface area contributed by atoms with E-state index in [1.807, 2.05) is 44.2 Å². The van der Waals surface area contributed by atoms with Gasteiger partial charge >= 0.3 is 6.03 Å². The van der Waals surface area contributed by atoms with Crippen LogP contribution >= 0.6 is 11.8 Å². The molecular weight excluding hydrogens is 326 g/mol. The SMILES string of the molecule is CC1=C(C)C2C(=O)N(Cc3ccccc3)C(=O)N(CC(N)=O)C2S1. The molecule has 2 aliphatic rings. The quantitative estimate of drug-likeness (QED) is 0.903. The van der Waals surface area contributed by atoms with E-state index in [4.69, 9.17) is 5.73 Å². The Bertz CT molecular complexity index is 732. The summed E-state index contributed by atoms with van der Waals surface area (Å²) in [6.45, 7) is 3.84. The average molecular weight is 345 g/mol. The summed E-state index contributed by atoms with van der Waals surface area (Å²) >= 11 is 1.45. The highest BCUT2D eigenvalue weighted by Gasteiger charge is 2.50. The maximum absolute atomic E-state index is 12.9. The van der Waals surface area contributed by atoms with E-state index >= 15 is 0 Å². The monoisotopic (exact) mass is 345 g/mol. The third-order valence-corrected chi connectivity index (χ3v) is 5.87. The normalized spacial score (nSPS) is 23.8. The Labute approximate surface area is 144 Å². The number of benzene rings is 1. The van der Waals surface area contributed by atoms with Gasteiger partial charge in [-0.1, -0.05) is 30.3 Å². The molecule has 2 N–H and O–H groups in total. The lowest BCUT2D eigenvalue weighted by Gasteiger charge is -2.41. The summed E-state index contributed by atoms with van der Waals surface area (Å²) in [5.74, 6) is -1.22. The van der Waals surface area contributed by atoms with Crippen LogP contribution in [0.25, 0.3) is 0 Å². The first-order valence-electron chi connectivity index (χ1n) is 7.68. The van der Waals surface area contributed by atoms with Gasteiger partial charge in [0.1, 0.15) is 6.54 Å². The minimum atomic E-state index is -0.584. The third kappa shape index (κ3) is 2.80. The Kier molecular flexibility index (Phi) is 4.36. The van der Waals surface area contributed by atoms with Gasteiger partial charge < -0.3 is 10.6 Å². The Morgan fingerprint density at radius 2 is 1.88 bits per heavy atom. The fourth-order valence-electron chi connectivity index (χ4n) is 3.09. The molecule has 4 amide bonds. The van der Waals surface area contributed by atoms with E-state index < -0.39 is 17.9 Å². The Balaban J connectivity index is 1.95. The van der Waals surface area contributed by atoms with Crippen molar-refractivity contribution in [3.8, 4) is 0 Å². The molecule has 1 aromatic carbocycles. The highest BCUT2D eigenvalue weighted by molar-refractivity contribution is 8.03. The van der Waals surface area contributed by atoms with Gasteiger partial charge in [0.25, 0.3) is 0 Å². The molecule has 1 aromatic rings. The number of thioether (sulfide) groups is 1. The predicted molar refractivity (Wildman–Crippen MR) is 91.5 cm³/mol. The van der Waals surface area contributed by atoms with Crippen LogP contribution in [0.1, 0.15) is 19.4 Å². The molecule has 3 rings (SSSR count). The van der Waals surface area contributed by atoms with Crippen LogP contribution in [0.5, 0.6) is 0 Å². The van der Waals surface area contributed by atoms with E-state index in [-0.39, 0.29) is 24.4 Å². The van der Waals surface area contributed by atoms with Crippen LogP contribution in [0.4, 0.5) is 4.79 Å². The summed E-state index contributed by atoms with van der Waals surface area (Å²) in [5.41, 5.74) is 7.13. The summed E-state index contributed by atoms with van der Waals surface area (Å²) in [4.78, 5) is 40.8. The maximum Gasteiger partial charge on any atom is 0.328 e. The number of rotatable bonds is 4. The van der Waals surface area contributed by atoms with Crippen molar-refractivity contribution in [2.24, 2.45) is 11.7 Å². The lowest BCUT2D eigenvalue weighted by atomic mass is 9.95. The fourth-order valence-corrected chi connectivity index (χ4v) is 4.51. The number of carbonyl (C=O) groups is 3. The summed E-state index contributed by atoms with van der Waals surface area (Å²) < 4.78 is 0. The van der Waals surface area contributed by atoms with Crippen molar-refractivity contribution in [1.82, 2.24) is 9.80 Å². The zero-order valence-corrected chi connectivity index (χ0v) is 14.4. The highest BCUT2D eigenvalue weighted by atomic mass is 32.2. The summed E-state index contributed by atoms with van der Waals surface area (Å²) in [7, 11) is 0. The van der Waals surface area contributed by atoms with E-state index in [1.165, 1.54) is 21.6 Å². The molecule has 0 bridgehead atoms. The number of carbonyl (C=O) groups excluding carboxylic acids is 3. The molecule has 24 heavy (non-hydrogen) atoms. The van der Waals surface area contributed by atoms with Crippen LogP contribution in [-0.2, 0) is 16.1 Å². The smallest absolute Gasteiger partial charge is 0.328 e. The van der Waals surface area contributed by atoms with E-state index in [1.54, 1.807) is 0 Å². The number of amides is 4. The molecule has 1 fully saturated rings. The molecule has 6 nitrogen and oxygen atoms in total. The fraction of sp³-hybridized carbons (Fsp3) is 0.353. The number of primary amides is 1. The predicted octanol–water partition coefficient (Wildman–Crippen LogP) is 1.92. The lowest BCUT2D eigenvalue weighted by Crippen LogP contribution is -2.61. The van der Waals surface area contributed by atoms with Gasteiger partial charge in [-0.25, -0.2) is 4.79 Å². The number of urea groups is 1. The van der Waals surface area contributed by atoms with Gasteiger partial charge in [0.2, 0.25) is 11.8 Å². The van der Waals surface area contributed by atoms with Gasteiger partial charge in [-0.05, 0) is 29.9 Å². The van der Waals surface area contributed by atoms with Gasteiger partial charge in [0.15, 0.2) is 0 Å². The molecule has 0 saturated carbocycles. The van der Waals surface area contributed by atoms with Gasteiger partial charge in [0, 0.05) is 0 Å². The standard InChI is InChI=1S/C17H19N3O3S/c1-10-11(2)24-16-14(10)15(22)19(8-12-6-4-3-5-7-12)17(23)20(16)9-13(18)21/h3-7,14,16H,8-9H2,1-2H3,(H2,18,21). The molecule has 126 valence electrons. The van der Waals surface area contributed by atoms with Gasteiger partial charge in [-0.2, -0.15) is 0 Å². The first-order valence-corrected chi connectivity index (χ1v) is 8.56. The largest absolute Gasteiger partial charge is 0.368 e. The second-order valence-corrected chi connectivity index (χ2v) is 7.34. The molecule has 0 aromatic heterocycles. The van der Waals surface area contributed by atoms with Crippen molar-refractivity contribution in [3.63, 3.8) is 0 Å². The molecule has 1 saturated heterocycles. The van der Waals surface area contributed by atoms with Crippen LogP contribution in [0, 0.1) is 5.92 Å². The van der Waals surface area contributed by atoms with Crippen LogP contribution in [0.2, 0.25) is 0 Å². The summed E-state index contributed by atoms with van der Waals surface area (Å²) in [5, 5.41) is -0.385. The molecule has 2 atom stereocenters. The summed E-state index contributed by atoms with van der Waals surface area (Å²) in [6, 6.07) is 8.87. The van der Waals surface area contributed by atoms with Crippen molar-refractivity contribution in [2.45, 2.75) is 25.8 Å². The second kappa shape index (κ2) is 6.32. The summed E-state index contributed by atoms with van der Waals surface area (Å²) in [6.07, 6.45) is 0. The zero-order chi connectivity index (χ0) is 17.4. The van der Waals surface area contributed by atoms with Crippen molar-refractivity contribution >= 4 is 29.6 Å². The molecule has 2 heterocycles. The number of allylic oxidation sites excluding steroid dienone is 1. The lowest BCUT2D eigenvalue weighted by molar-refractivity contribution is -0.137. The van der Waals surface area contributed by atoms with E-state index in [0.29, 0.717) is 0 Å². The van der Waals surface area contributed by atoms with Crippen molar-refractivity contribution < 1.29 is 14.4 Å². The third-order valence-electron chi connectivity index (χ3n) is 4.43. The van der Waals surface area contributed by atoms with Gasteiger partial charge in [-0.15, -0.1) is 11.8 Å². The van der Waals surface area contributed by atoms with E-state index in [0.717, 1.165) is 16.0 Å². The second-order valence-electron chi connectivity index (χ2n) is 6.01. The van der Waals surface area contributed by atoms with Crippen LogP contribution in [0.15, 0.2) is 40.8 Å². The Hall–Kier alpha value is -2.28. The highest BCUT2D eigenvalue weighted by Crippen LogP contribution is 2.46. The number of fused-ring (bicyclic) bond motifs is 1. The van der Waals surface area contributed by atoms with E-state index in [2.05, 4.69) is 0 Å². The maximum atomic E-state index is 12.9. The van der Waals surface area contributed by atoms with Crippen LogP contribution in [-0.4, -0.2) is 39.6 Å². The molecule has 2 unspecified atom stereocenters. The van der Waals surface area contributed by atoms with E-state index in [9.17, 15) is 14.4 Å². The first kappa shape index (κ1) is 16.6. The zero-order valence-electron chi connectivity index (χ0n) is 13.6. The Morgan fingerprint density at radius 3 is 2.50 bits per heavy atom. The molecule has 0 spiro atoms. The van der Waals surface area contributed by atoms with Crippen molar-refractivity contribution in [3.05, 3.63) is 46.4 Å². The van der Waals surface area contributed by atoms with Crippen molar-refractivity contribution in [1.29, 1.82) is 0 Å². The average Bonchev–Trinajstić information content (AvgIpc) is 2.84. The minimum absolute atomic E-state index is 0.188. The number of hydrogen-bond acceptors (Lipinski definition) is 4. The number of nitrogens with zero attached hydrogens (tertiary/aromatic N) is 2. The minimum Gasteiger partial charge on any atom is -0.368 e. The molecule has 0 aliphatic carbocycles. The van der Waals surface area contributed by atoms with Crippen LogP contribution < -0.4 is 5.73 Å². The molecule has 0 radical (unpaired) electrons. The van der Waals surface area contributed by atoms with Crippen molar-refractivity contribution in [2.75, 3.05) is 6.54 Å². The Morgan fingerprint density at radius 1 is 1.21 bits per heavy atom.